The first-order valence-corrected chi connectivity index (χ1v) is 14.4. The zero-order valence-corrected chi connectivity index (χ0v) is 22.6. The molecule has 2 amide bonds. The normalized spacial score (nSPS) is 14.5. The van der Waals surface area contributed by atoms with E-state index in [1.54, 1.807) is 17.0 Å². The summed E-state index contributed by atoms with van der Waals surface area (Å²) in [5.41, 5.74) is 2.73. The smallest absolute Gasteiger partial charge is 0.265 e. The number of aryl methyl sites for hydroxylation is 1. The lowest BCUT2D eigenvalue weighted by molar-refractivity contribution is -0.141. The molecular formula is C29H35N3O4S. The predicted octanol–water partition coefficient (Wildman–Crippen LogP) is 4.77. The molecule has 0 fully saturated rings. The average Bonchev–Trinajstić information content (AvgIpc) is 3.11. The van der Waals surface area contributed by atoms with Gasteiger partial charge in [-0.1, -0.05) is 67.9 Å². The van der Waals surface area contributed by atoms with Crippen molar-refractivity contribution in [3.05, 3.63) is 71.8 Å². The molecular weight excluding hydrogens is 486 g/mol. The van der Waals surface area contributed by atoms with Crippen molar-refractivity contribution < 1.29 is 18.0 Å². The Balaban J connectivity index is 1.51. The molecule has 0 saturated carbocycles. The molecule has 0 saturated heterocycles. The third kappa shape index (κ3) is 5.49. The molecule has 0 radical (unpaired) electrons. The molecule has 1 heterocycles. The van der Waals surface area contributed by atoms with Crippen LogP contribution in [0.5, 0.6) is 0 Å². The molecule has 0 bridgehead atoms. The van der Waals surface area contributed by atoms with Crippen LogP contribution in [0.2, 0.25) is 0 Å². The van der Waals surface area contributed by atoms with Gasteiger partial charge in [-0.25, -0.2) is 8.42 Å². The van der Waals surface area contributed by atoms with Gasteiger partial charge in [-0.3, -0.25) is 13.9 Å². The van der Waals surface area contributed by atoms with Gasteiger partial charge in [0, 0.05) is 31.4 Å². The van der Waals surface area contributed by atoms with Crippen LogP contribution >= 0.6 is 0 Å². The van der Waals surface area contributed by atoms with Crippen molar-refractivity contribution >= 4 is 38.3 Å². The van der Waals surface area contributed by atoms with E-state index in [4.69, 9.17) is 0 Å². The van der Waals surface area contributed by atoms with Crippen LogP contribution in [-0.2, 0) is 26.2 Å². The average molecular weight is 522 g/mol. The van der Waals surface area contributed by atoms with Crippen molar-refractivity contribution in [3.8, 4) is 0 Å². The van der Waals surface area contributed by atoms with Crippen LogP contribution in [0.15, 0.2) is 65.6 Å². The lowest BCUT2D eigenvalue weighted by Crippen LogP contribution is -2.49. The summed E-state index contributed by atoms with van der Waals surface area (Å²) in [6.45, 7) is 6.97. The first kappa shape index (κ1) is 26.7. The summed E-state index contributed by atoms with van der Waals surface area (Å²) >= 11 is 0. The van der Waals surface area contributed by atoms with E-state index < -0.39 is 16.1 Å². The van der Waals surface area contributed by atoms with Crippen molar-refractivity contribution in [2.24, 2.45) is 0 Å². The van der Waals surface area contributed by atoms with Crippen LogP contribution in [0, 0.1) is 6.92 Å². The number of benzene rings is 3. The molecule has 3 aromatic rings. The molecule has 1 atom stereocenters. The lowest BCUT2D eigenvalue weighted by Gasteiger charge is -2.31. The van der Waals surface area contributed by atoms with Crippen LogP contribution in [-0.4, -0.2) is 44.3 Å². The molecule has 37 heavy (non-hydrogen) atoms. The van der Waals surface area contributed by atoms with E-state index in [9.17, 15) is 18.0 Å². The van der Waals surface area contributed by atoms with Gasteiger partial charge in [0.05, 0.1) is 10.6 Å². The summed E-state index contributed by atoms with van der Waals surface area (Å²) in [6.07, 6.45) is 1.79. The van der Waals surface area contributed by atoms with Crippen molar-refractivity contribution in [1.29, 1.82) is 0 Å². The predicted molar refractivity (Wildman–Crippen MR) is 147 cm³/mol. The molecule has 1 aliphatic heterocycles. The maximum absolute atomic E-state index is 13.5. The molecule has 3 aromatic carbocycles. The number of sulfonamides is 1. The minimum atomic E-state index is -3.67. The van der Waals surface area contributed by atoms with Crippen molar-refractivity contribution in [2.45, 2.75) is 63.9 Å². The molecule has 7 nitrogen and oxygen atoms in total. The largest absolute Gasteiger partial charge is 0.354 e. The second-order valence-corrected chi connectivity index (χ2v) is 11.4. The highest BCUT2D eigenvalue weighted by molar-refractivity contribution is 7.93. The summed E-state index contributed by atoms with van der Waals surface area (Å²) < 4.78 is 27.9. The quantitative estimate of drug-likeness (QED) is 0.394. The Morgan fingerprint density at radius 1 is 1.00 bits per heavy atom. The third-order valence-corrected chi connectivity index (χ3v) is 8.70. The molecule has 1 N–H and O–H groups in total. The highest BCUT2D eigenvalue weighted by atomic mass is 32.2. The van der Waals surface area contributed by atoms with Gasteiger partial charge in [-0.05, 0) is 49.3 Å². The van der Waals surface area contributed by atoms with Crippen LogP contribution in [0.4, 0.5) is 5.69 Å². The topological polar surface area (TPSA) is 86.8 Å². The van der Waals surface area contributed by atoms with Gasteiger partial charge < -0.3 is 10.2 Å². The fourth-order valence-electron chi connectivity index (χ4n) is 4.89. The van der Waals surface area contributed by atoms with Crippen molar-refractivity contribution in [2.75, 3.05) is 17.4 Å². The molecule has 4 rings (SSSR count). The van der Waals surface area contributed by atoms with Gasteiger partial charge in [0.1, 0.15) is 6.04 Å². The number of amides is 2. The second kappa shape index (κ2) is 11.3. The van der Waals surface area contributed by atoms with Gasteiger partial charge in [0.25, 0.3) is 10.0 Å². The number of carbonyl (C=O) groups excluding carboxylic acids is 2. The van der Waals surface area contributed by atoms with Gasteiger partial charge in [0.2, 0.25) is 11.8 Å². The molecule has 0 unspecified atom stereocenters. The van der Waals surface area contributed by atoms with Gasteiger partial charge >= 0.3 is 0 Å². The minimum absolute atomic E-state index is 0.141. The third-order valence-electron chi connectivity index (χ3n) is 6.84. The summed E-state index contributed by atoms with van der Waals surface area (Å²) in [6, 6.07) is 18.2. The summed E-state index contributed by atoms with van der Waals surface area (Å²) in [5, 5.41) is 4.54. The van der Waals surface area contributed by atoms with Crippen molar-refractivity contribution in [3.63, 3.8) is 0 Å². The molecule has 196 valence electrons. The maximum Gasteiger partial charge on any atom is 0.265 e. The molecule has 0 aliphatic carbocycles. The van der Waals surface area contributed by atoms with E-state index in [1.807, 2.05) is 69.3 Å². The van der Waals surface area contributed by atoms with Gasteiger partial charge in [-0.2, -0.15) is 0 Å². The van der Waals surface area contributed by atoms with Gasteiger partial charge in [0.15, 0.2) is 0 Å². The standard InChI is InChI=1S/C29H35N3O4S/c1-4-18-30-29(34)24(5-2)31(20-22-16-14-21(3)15-17-22)27(33)13-8-19-32-25-11-6-9-23-10-7-12-26(28(23)25)37(32,35)36/h6-7,9-12,14-17,24H,4-5,8,13,18-20H2,1-3H3,(H,30,34)/t24-/m0/s1. The number of nitrogens with one attached hydrogen (secondary N) is 1. The SMILES string of the molecule is CCCNC(=O)[C@H](CC)N(Cc1ccc(C)cc1)C(=O)CCCN1c2cccc3cccc(c23)S1(=O)=O. The first-order valence-electron chi connectivity index (χ1n) is 12.9. The summed E-state index contributed by atoms with van der Waals surface area (Å²) in [7, 11) is -3.67. The molecule has 0 spiro atoms. The fraction of sp³-hybridized carbons (Fsp3) is 0.379. The lowest BCUT2D eigenvalue weighted by atomic mass is 10.1. The van der Waals surface area contributed by atoms with Gasteiger partial charge in [-0.15, -0.1) is 0 Å². The highest BCUT2D eigenvalue weighted by Gasteiger charge is 2.35. The minimum Gasteiger partial charge on any atom is -0.354 e. The zero-order valence-electron chi connectivity index (χ0n) is 21.7. The number of carbonyl (C=O) groups is 2. The van der Waals surface area contributed by atoms with E-state index in [0.29, 0.717) is 36.5 Å². The Morgan fingerprint density at radius 2 is 1.70 bits per heavy atom. The van der Waals surface area contributed by atoms with E-state index in [-0.39, 0.29) is 24.8 Å². The van der Waals surface area contributed by atoms with E-state index in [2.05, 4.69) is 5.32 Å². The monoisotopic (exact) mass is 521 g/mol. The number of anilines is 1. The van der Waals surface area contributed by atoms with Crippen LogP contribution in [0.1, 0.15) is 50.7 Å². The maximum atomic E-state index is 13.5. The fourth-order valence-corrected chi connectivity index (χ4v) is 6.64. The molecule has 0 aromatic heterocycles. The second-order valence-electron chi connectivity index (χ2n) is 9.53. The van der Waals surface area contributed by atoms with Crippen LogP contribution in [0.3, 0.4) is 0 Å². The van der Waals surface area contributed by atoms with Crippen LogP contribution < -0.4 is 9.62 Å². The Bertz CT molecular complexity index is 1380. The van der Waals surface area contributed by atoms with E-state index in [1.165, 1.54) is 4.31 Å². The number of hydrogen-bond acceptors (Lipinski definition) is 4. The Morgan fingerprint density at radius 3 is 2.38 bits per heavy atom. The highest BCUT2D eigenvalue weighted by Crippen LogP contribution is 2.42. The van der Waals surface area contributed by atoms with E-state index >= 15 is 0 Å². The number of nitrogens with zero attached hydrogens (tertiary/aromatic N) is 2. The Hall–Kier alpha value is -3.39. The first-order chi connectivity index (χ1) is 17.8. The Labute approximate surface area is 219 Å². The molecule has 1 aliphatic rings. The summed E-state index contributed by atoms with van der Waals surface area (Å²) in [5.74, 6) is -0.319. The number of hydrogen-bond donors (Lipinski definition) is 1. The molecule has 8 heteroatoms. The van der Waals surface area contributed by atoms with E-state index in [0.717, 1.165) is 28.3 Å². The van der Waals surface area contributed by atoms with Crippen molar-refractivity contribution in [1.82, 2.24) is 10.2 Å². The number of rotatable bonds is 11. The summed E-state index contributed by atoms with van der Waals surface area (Å²) in [4.78, 5) is 28.4. The Kier molecular flexibility index (Phi) is 8.17. The zero-order chi connectivity index (χ0) is 26.6. The van der Waals surface area contributed by atoms with Crippen LogP contribution in [0.25, 0.3) is 10.8 Å².